The van der Waals surface area contributed by atoms with Crippen LogP contribution in [0.2, 0.25) is 0 Å². The molecule has 1 saturated carbocycles. The predicted molar refractivity (Wildman–Crippen MR) is 88.2 cm³/mol. The molecule has 23 heavy (non-hydrogen) atoms. The molecule has 0 spiro atoms. The minimum absolute atomic E-state index is 0.362. The lowest BCUT2D eigenvalue weighted by atomic mass is 10.2. The largest absolute Gasteiger partial charge is 0.381 e. The number of anilines is 2. The maximum absolute atomic E-state index is 12.0. The third-order valence-electron chi connectivity index (χ3n) is 3.40. The SMILES string of the molecule is CC(O)C#Cc1cccc(NC(=O)Nc2cc(C3CC3)[nH]n2)c1. The van der Waals surface area contributed by atoms with Crippen molar-refractivity contribution in [3.05, 3.63) is 41.6 Å². The molecular weight excluding hydrogens is 292 g/mol. The zero-order chi connectivity index (χ0) is 16.2. The highest BCUT2D eigenvalue weighted by Crippen LogP contribution is 2.39. The van der Waals surface area contributed by atoms with Gasteiger partial charge in [0.1, 0.15) is 6.10 Å². The number of H-pyrrole nitrogens is 1. The van der Waals surface area contributed by atoms with Crippen LogP contribution in [0.25, 0.3) is 0 Å². The molecule has 6 nitrogen and oxygen atoms in total. The van der Waals surface area contributed by atoms with Gasteiger partial charge in [-0.1, -0.05) is 17.9 Å². The van der Waals surface area contributed by atoms with Crippen molar-refractivity contribution in [2.75, 3.05) is 10.6 Å². The van der Waals surface area contributed by atoms with Gasteiger partial charge in [-0.3, -0.25) is 10.4 Å². The maximum Gasteiger partial charge on any atom is 0.324 e. The number of aromatic nitrogens is 2. The molecule has 1 aliphatic carbocycles. The summed E-state index contributed by atoms with van der Waals surface area (Å²) in [5.41, 5.74) is 2.41. The Morgan fingerprint density at radius 1 is 1.39 bits per heavy atom. The molecule has 1 unspecified atom stereocenters. The first-order valence-electron chi connectivity index (χ1n) is 7.53. The zero-order valence-corrected chi connectivity index (χ0v) is 12.8. The number of aliphatic hydroxyl groups is 1. The fourth-order valence-corrected chi connectivity index (χ4v) is 2.15. The number of carbonyl (C=O) groups is 1. The van der Waals surface area contributed by atoms with E-state index in [4.69, 9.17) is 0 Å². The van der Waals surface area contributed by atoms with Gasteiger partial charge < -0.3 is 10.4 Å². The molecule has 1 aliphatic rings. The third kappa shape index (κ3) is 4.34. The van der Waals surface area contributed by atoms with Gasteiger partial charge in [0.15, 0.2) is 5.82 Å². The van der Waals surface area contributed by atoms with Crippen molar-refractivity contribution in [2.24, 2.45) is 0 Å². The fourth-order valence-electron chi connectivity index (χ4n) is 2.15. The van der Waals surface area contributed by atoms with E-state index in [2.05, 4.69) is 32.7 Å². The van der Waals surface area contributed by atoms with Crippen molar-refractivity contribution in [3.63, 3.8) is 0 Å². The number of hydrogen-bond donors (Lipinski definition) is 4. The molecule has 4 N–H and O–H groups in total. The second-order valence-corrected chi connectivity index (χ2v) is 5.59. The minimum atomic E-state index is -0.685. The van der Waals surface area contributed by atoms with E-state index in [-0.39, 0.29) is 6.03 Å². The molecule has 1 aromatic carbocycles. The van der Waals surface area contributed by atoms with Crippen molar-refractivity contribution in [2.45, 2.75) is 31.8 Å². The number of rotatable bonds is 3. The monoisotopic (exact) mass is 310 g/mol. The van der Waals surface area contributed by atoms with E-state index in [1.54, 1.807) is 25.1 Å². The van der Waals surface area contributed by atoms with Crippen molar-refractivity contribution in [3.8, 4) is 11.8 Å². The van der Waals surface area contributed by atoms with Crippen molar-refractivity contribution < 1.29 is 9.90 Å². The lowest BCUT2D eigenvalue weighted by Gasteiger charge is -2.05. The second kappa shape index (κ2) is 6.55. The third-order valence-corrected chi connectivity index (χ3v) is 3.40. The maximum atomic E-state index is 12.0. The van der Waals surface area contributed by atoms with Gasteiger partial charge in [0.25, 0.3) is 0 Å². The Morgan fingerprint density at radius 3 is 2.96 bits per heavy atom. The Balaban J connectivity index is 1.60. The van der Waals surface area contributed by atoms with Gasteiger partial charge in [0.2, 0.25) is 0 Å². The molecule has 3 rings (SSSR count). The highest BCUT2D eigenvalue weighted by Gasteiger charge is 2.25. The number of benzene rings is 1. The van der Waals surface area contributed by atoms with E-state index in [0.717, 1.165) is 11.3 Å². The van der Waals surface area contributed by atoms with Crippen LogP contribution in [-0.4, -0.2) is 27.4 Å². The minimum Gasteiger partial charge on any atom is -0.381 e. The summed E-state index contributed by atoms with van der Waals surface area (Å²) in [7, 11) is 0. The molecule has 0 bridgehead atoms. The van der Waals surface area contributed by atoms with Crippen LogP contribution < -0.4 is 10.6 Å². The van der Waals surface area contributed by atoms with E-state index in [1.165, 1.54) is 12.8 Å². The van der Waals surface area contributed by atoms with Gasteiger partial charge >= 0.3 is 6.03 Å². The number of amides is 2. The van der Waals surface area contributed by atoms with Crippen LogP contribution in [0.15, 0.2) is 30.3 Å². The van der Waals surface area contributed by atoms with Gasteiger partial charge in [-0.05, 0) is 38.0 Å². The van der Waals surface area contributed by atoms with Crippen LogP contribution in [0.1, 0.15) is 36.9 Å². The van der Waals surface area contributed by atoms with E-state index < -0.39 is 6.10 Å². The van der Waals surface area contributed by atoms with E-state index >= 15 is 0 Å². The van der Waals surface area contributed by atoms with Crippen molar-refractivity contribution in [1.82, 2.24) is 10.2 Å². The fraction of sp³-hybridized carbons (Fsp3) is 0.294. The van der Waals surface area contributed by atoms with Crippen LogP contribution in [0.5, 0.6) is 0 Å². The molecule has 118 valence electrons. The average Bonchev–Trinajstić information content (AvgIpc) is 3.26. The van der Waals surface area contributed by atoms with Gasteiger partial charge in [-0.25, -0.2) is 4.79 Å². The van der Waals surface area contributed by atoms with Crippen molar-refractivity contribution in [1.29, 1.82) is 0 Å². The van der Waals surface area contributed by atoms with E-state index in [9.17, 15) is 9.90 Å². The molecule has 0 aliphatic heterocycles. The molecule has 2 aromatic rings. The average molecular weight is 310 g/mol. The molecule has 1 atom stereocenters. The molecule has 6 heteroatoms. The first kappa shape index (κ1) is 15.1. The van der Waals surface area contributed by atoms with Gasteiger partial charge in [0, 0.05) is 28.9 Å². The predicted octanol–water partition coefficient (Wildman–Crippen LogP) is 2.66. The molecule has 2 amide bonds. The Labute approximate surface area is 134 Å². The smallest absolute Gasteiger partial charge is 0.324 e. The number of nitrogens with zero attached hydrogens (tertiary/aromatic N) is 1. The summed E-state index contributed by atoms with van der Waals surface area (Å²) in [5, 5.41) is 21.6. The molecule has 0 radical (unpaired) electrons. The number of aromatic amines is 1. The quantitative estimate of drug-likeness (QED) is 0.657. The van der Waals surface area contributed by atoms with Gasteiger partial charge in [0.05, 0.1) is 0 Å². The summed E-state index contributed by atoms with van der Waals surface area (Å²) < 4.78 is 0. The van der Waals surface area contributed by atoms with Crippen LogP contribution >= 0.6 is 0 Å². The van der Waals surface area contributed by atoms with Crippen LogP contribution in [-0.2, 0) is 0 Å². The Morgan fingerprint density at radius 2 is 2.22 bits per heavy atom. The first-order valence-corrected chi connectivity index (χ1v) is 7.53. The van der Waals surface area contributed by atoms with E-state index in [0.29, 0.717) is 17.4 Å². The zero-order valence-electron chi connectivity index (χ0n) is 12.8. The number of carbonyl (C=O) groups excluding carboxylic acids is 1. The lowest BCUT2D eigenvalue weighted by molar-refractivity contribution is 0.253. The van der Waals surface area contributed by atoms with Gasteiger partial charge in [-0.2, -0.15) is 5.10 Å². The summed E-state index contributed by atoms with van der Waals surface area (Å²) in [6.07, 6.45) is 1.66. The topological polar surface area (TPSA) is 90.0 Å². The summed E-state index contributed by atoms with van der Waals surface area (Å²) in [4.78, 5) is 12.0. The Hall–Kier alpha value is -2.78. The molecular formula is C17H18N4O2. The van der Waals surface area contributed by atoms with Crippen LogP contribution in [0.4, 0.5) is 16.3 Å². The Bertz CT molecular complexity index is 766. The van der Waals surface area contributed by atoms with Crippen LogP contribution in [0.3, 0.4) is 0 Å². The lowest BCUT2D eigenvalue weighted by Crippen LogP contribution is -2.19. The second-order valence-electron chi connectivity index (χ2n) is 5.59. The summed E-state index contributed by atoms with van der Waals surface area (Å²) in [6.45, 7) is 1.60. The summed E-state index contributed by atoms with van der Waals surface area (Å²) in [5.74, 6) is 6.57. The molecule has 0 saturated heterocycles. The first-order chi connectivity index (χ1) is 11.1. The number of aliphatic hydroxyl groups excluding tert-OH is 1. The molecule has 1 heterocycles. The van der Waals surface area contributed by atoms with Gasteiger partial charge in [-0.15, -0.1) is 0 Å². The van der Waals surface area contributed by atoms with Crippen molar-refractivity contribution >= 4 is 17.5 Å². The van der Waals surface area contributed by atoms with Crippen LogP contribution in [0, 0.1) is 11.8 Å². The van der Waals surface area contributed by atoms with E-state index in [1.807, 2.05) is 12.1 Å². The normalized spacial score (nSPS) is 14.5. The number of nitrogens with one attached hydrogen (secondary N) is 3. The standard InChI is InChI=1S/C17H18N4O2/c1-11(22)5-6-12-3-2-4-14(9-12)18-17(23)19-16-10-15(20-21-16)13-7-8-13/h2-4,9-11,13,22H,7-8H2,1H3,(H3,18,19,20,21,23). The highest BCUT2D eigenvalue weighted by molar-refractivity contribution is 5.99. The summed E-state index contributed by atoms with van der Waals surface area (Å²) >= 11 is 0. The molecule has 1 aromatic heterocycles. The summed E-state index contributed by atoms with van der Waals surface area (Å²) in [6, 6.07) is 8.62. The molecule has 1 fully saturated rings. The number of hydrogen-bond acceptors (Lipinski definition) is 3. The Kier molecular flexibility index (Phi) is 4.31. The number of urea groups is 1. The highest BCUT2D eigenvalue weighted by atomic mass is 16.3.